The third-order valence-electron chi connectivity index (χ3n) is 15.2. The van der Waals surface area contributed by atoms with Gasteiger partial charge in [-0.15, -0.1) is 0 Å². The molecule has 0 bridgehead atoms. The monoisotopic (exact) mass is 825 g/mol. The van der Waals surface area contributed by atoms with Gasteiger partial charge in [-0.2, -0.15) is 0 Å². The van der Waals surface area contributed by atoms with Crippen LogP contribution in [-0.4, -0.2) is 0 Å². The van der Waals surface area contributed by atoms with Crippen molar-refractivity contribution in [3.05, 3.63) is 257 Å². The van der Waals surface area contributed by atoms with Crippen LogP contribution in [0.5, 0.6) is 0 Å². The highest BCUT2D eigenvalue weighted by Crippen LogP contribution is 2.57. The van der Waals surface area contributed by atoms with Gasteiger partial charge >= 0.3 is 0 Å². The number of nitrogens with zero attached hydrogens (tertiary/aromatic N) is 1. The molecule has 0 radical (unpaired) electrons. The van der Waals surface area contributed by atoms with Gasteiger partial charge in [0.2, 0.25) is 0 Å². The molecule has 4 aliphatic carbocycles. The van der Waals surface area contributed by atoms with E-state index in [2.05, 4.69) is 243 Å². The van der Waals surface area contributed by atoms with Gasteiger partial charge in [-0.25, -0.2) is 0 Å². The highest BCUT2D eigenvalue weighted by Gasteiger charge is 2.46. The Kier molecular flexibility index (Phi) is 7.45. The van der Waals surface area contributed by atoms with Crippen LogP contribution in [0.4, 0.5) is 17.1 Å². The van der Waals surface area contributed by atoms with Crippen LogP contribution in [-0.2, 0) is 10.8 Å². The summed E-state index contributed by atoms with van der Waals surface area (Å²) in [7, 11) is 0. The van der Waals surface area contributed by atoms with E-state index in [1.165, 1.54) is 110 Å². The maximum absolute atomic E-state index is 2.52. The molecular weight excluding hydrogens is 783 g/mol. The zero-order valence-electron chi connectivity index (χ0n) is 36.3. The molecule has 0 aliphatic heterocycles. The van der Waals surface area contributed by atoms with E-state index in [-0.39, 0.29) is 10.8 Å². The van der Waals surface area contributed by atoms with Gasteiger partial charge in [0.15, 0.2) is 0 Å². The van der Waals surface area contributed by atoms with Gasteiger partial charge in [-0.3, -0.25) is 0 Å². The molecule has 0 N–H and O–H groups in total. The lowest BCUT2D eigenvalue weighted by Crippen LogP contribution is -2.33. The molecule has 0 heterocycles. The average molecular weight is 826 g/mol. The summed E-state index contributed by atoms with van der Waals surface area (Å²) in [4.78, 5) is 2.46. The van der Waals surface area contributed by atoms with Gasteiger partial charge in [-0.05, 0) is 164 Å². The fourth-order valence-corrected chi connectivity index (χ4v) is 12.3. The topological polar surface area (TPSA) is 3.24 Å². The number of hydrogen-bond donors (Lipinski definition) is 0. The van der Waals surface area contributed by atoms with Crippen molar-refractivity contribution in [2.24, 2.45) is 0 Å². The standard InChI is InChI=1S/C64H43N/c1-63(2)58-23-11-8-20-50(58)53-33-31-46(38-61(53)63)65(44-28-26-41(27-29-44)40-15-4-3-5-16-40)45-30-32-49-56(37-45)48-19-7-6-18-47(48)55-36-43-35-42-17-14-34-64(62(42)54(43)39-57(49)55)59-24-12-9-21-51(59)52-22-10-13-25-60(52)64/h3-39H,1-2H3. The lowest BCUT2D eigenvalue weighted by atomic mass is 9.67. The zero-order valence-corrected chi connectivity index (χ0v) is 36.3. The van der Waals surface area contributed by atoms with Crippen molar-refractivity contribution in [3.8, 4) is 33.4 Å². The lowest BCUT2D eigenvalue weighted by molar-refractivity contribution is 0.660. The number of rotatable bonds is 4. The quantitative estimate of drug-likeness (QED) is 0.160. The Morgan fingerprint density at radius 2 is 0.908 bits per heavy atom. The maximum Gasteiger partial charge on any atom is 0.0659 e. The summed E-state index contributed by atoms with van der Waals surface area (Å²) >= 11 is 0. The molecule has 1 spiro atoms. The highest BCUT2D eigenvalue weighted by molar-refractivity contribution is 6.26. The third kappa shape index (κ3) is 4.98. The van der Waals surface area contributed by atoms with E-state index >= 15 is 0 Å². The minimum Gasteiger partial charge on any atom is -0.310 e. The molecule has 0 saturated heterocycles. The summed E-state index contributed by atoms with van der Waals surface area (Å²) in [5.41, 5.74) is 18.8. The summed E-state index contributed by atoms with van der Waals surface area (Å²) in [6.07, 6.45) is 9.48. The average Bonchev–Trinajstić information content (AvgIpc) is 3.95. The molecule has 10 aromatic carbocycles. The van der Waals surface area contributed by atoms with Crippen LogP contribution in [0.25, 0.3) is 77.3 Å². The third-order valence-corrected chi connectivity index (χ3v) is 15.2. The molecule has 0 fully saturated rings. The Hall–Kier alpha value is -8.00. The number of fused-ring (bicyclic) bond motifs is 17. The molecule has 304 valence electrons. The van der Waals surface area contributed by atoms with Crippen molar-refractivity contribution in [3.63, 3.8) is 0 Å². The Morgan fingerprint density at radius 1 is 0.385 bits per heavy atom. The summed E-state index contributed by atoms with van der Waals surface area (Å²) in [6, 6.07) is 75.1. The number of benzene rings is 10. The lowest BCUT2D eigenvalue weighted by Gasteiger charge is -2.34. The predicted octanol–water partition coefficient (Wildman–Crippen LogP) is 15.0. The first-order chi connectivity index (χ1) is 32.0. The van der Waals surface area contributed by atoms with Crippen LogP contribution in [0.3, 0.4) is 0 Å². The molecule has 0 amide bonds. The first-order valence-corrected chi connectivity index (χ1v) is 22.9. The predicted molar refractivity (Wildman–Crippen MR) is 274 cm³/mol. The van der Waals surface area contributed by atoms with Gasteiger partial charge in [0.05, 0.1) is 5.41 Å². The second-order valence-electron chi connectivity index (χ2n) is 18.8. The molecule has 4 aliphatic rings. The molecule has 14 rings (SSSR count). The van der Waals surface area contributed by atoms with Crippen LogP contribution in [0.15, 0.2) is 224 Å². The van der Waals surface area contributed by atoms with Crippen molar-refractivity contribution in [1.29, 1.82) is 0 Å². The number of hydrogen-bond acceptors (Lipinski definition) is 1. The van der Waals surface area contributed by atoms with Gasteiger partial charge in [0, 0.05) is 22.5 Å². The fourth-order valence-electron chi connectivity index (χ4n) is 12.3. The Labute approximate surface area is 378 Å². The van der Waals surface area contributed by atoms with Crippen LogP contribution in [0.2, 0.25) is 0 Å². The molecule has 0 unspecified atom stereocenters. The van der Waals surface area contributed by atoms with E-state index < -0.39 is 0 Å². The van der Waals surface area contributed by atoms with E-state index in [4.69, 9.17) is 0 Å². The zero-order chi connectivity index (χ0) is 43.0. The SMILES string of the molecule is CC1(C)c2ccccc2-c2ccc(N(c3ccc(-c4ccccc4)cc3)c3ccc4c(c3)c3ccccc3c3cc5c(cc43)=C3C(=CC=CC34c3ccccc3-c3ccccc34)C=5)cc21. The van der Waals surface area contributed by atoms with E-state index in [9.17, 15) is 0 Å². The molecule has 0 aromatic heterocycles. The van der Waals surface area contributed by atoms with E-state index in [0.29, 0.717) is 0 Å². The number of anilines is 3. The van der Waals surface area contributed by atoms with Crippen LogP contribution < -0.4 is 15.3 Å². The second kappa shape index (κ2) is 13.3. The molecule has 10 aromatic rings. The first-order valence-electron chi connectivity index (χ1n) is 22.9. The summed E-state index contributed by atoms with van der Waals surface area (Å²) in [6.45, 7) is 4.74. The molecule has 0 saturated carbocycles. The molecular formula is C64H43N. The van der Waals surface area contributed by atoms with Crippen molar-refractivity contribution in [1.82, 2.24) is 0 Å². The van der Waals surface area contributed by atoms with Crippen LogP contribution in [0, 0.1) is 0 Å². The second-order valence-corrected chi connectivity index (χ2v) is 18.8. The Bertz CT molecular complexity index is 3850. The summed E-state index contributed by atoms with van der Waals surface area (Å²) < 4.78 is 0. The normalized spacial score (nSPS) is 15.3. The van der Waals surface area contributed by atoms with Crippen molar-refractivity contribution < 1.29 is 0 Å². The maximum atomic E-state index is 2.52. The molecule has 1 heteroatoms. The van der Waals surface area contributed by atoms with E-state index in [1.54, 1.807) is 0 Å². The van der Waals surface area contributed by atoms with Gasteiger partial charge in [0.1, 0.15) is 0 Å². The molecule has 65 heavy (non-hydrogen) atoms. The first kappa shape index (κ1) is 36.5. The Balaban J connectivity index is 1.01. The molecule has 0 atom stereocenters. The smallest absolute Gasteiger partial charge is 0.0659 e. The van der Waals surface area contributed by atoms with Crippen LogP contribution >= 0.6 is 0 Å². The fraction of sp³-hybridized carbons (Fsp3) is 0.0625. The minimum atomic E-state index is -0.366. The molecule has 1 nitrogen and oxygen atoms in total. The van der Waals surface area contributed by atoms with Crippen molar-refractivity contribution in [2.45, 2.75) is 24.7 Å². The highest BCUT2D eigenvalue weighted by atomic mass is 15.1. The van der Waals surface area contributed by atoms with Crippen molar-refractivity contribution in [2.75, 3.05) is 4.90 Å². The van der Waals surface area contributed by atoms with E-state index in [1.807, 2.05) is 0 Å². The summed E-state index contributed by atoms with van der Waals surface area (Å²) in [5.74, 6) is 0. The van der Waals surface area contributed by atoms with Crippen LogP contribution in [0.1, 0.15) is 36.1 Å². The van der Waals surface area contributed by atoms with Gasteiger partial charge < -0.3 is 4.90 Å². The van der Waals surface area contributed by atoms with Crippen molar-refractivity contribution >= 4 is 61.0 Å². The van der Waals surface area contributed by atoms with E-state index in [0.717, 1.165) is 17.1 Å². The summed E-state index contributed by atoms with van der Waals surface area (Å²) in [5, 5.41) is 10.2. The number of allylic oxidation sites excluding steroid dienone is 4. The Morgan fingerprint density at radius 3 is 1.63 bits per heavy atom. The minimum absolute atomic E-state index is 0.122. The van der Waals surface area contributed by atoms with Gasteiger partial charge in [0.25, 0.3) is 0 Å². The largest absolute Gasteiger partial charge is 0.310 e. The van der Waals surface area contributed by atoms with Gasteiger partial charge in [-0.1, -0.05) is 184 Å².